The van der Waals surface area contributed by atoms with Gasteiger partial charge >= 0.3 is 12.1 Å². The molecule has 5 aromatic rings. The van der Waals surface area contributed by atoms with Crippen LogP contribution >= 0.6 is 0 Å². The monoisotopic (exact) mass is 601 g/mol. The van der Waals surface area contributed by atoms with E-state index in [4.69, 9.17) is 9.47 Å². The molecule has 0 radical (unpaired) electrons. The van der Waals surface area contributed by atoms with E-state index >= 15 is 0 Å². The second-order valence-electron chi connectivity index (χ2n) is 11.3. The zero-order chi connectivity index (χ0) is 31.2. The molecule has 0 spiro atoms. The first-order valence-corrected chi connectivity index (χ1v) is 15.1. The van der Waals surface area contributed by atoms with Crippen LogP contribution in [0, 0.1) is 0 Å². The summed E-state index contributed by atoms with van der Waals surface area (Å²) in [5, 5.41) is 6.81. The smallest absolute Gasteiger partial charge is 0.407 e. The Kier molecular flexibility index (Phi) is 8.91. The molecule has 8 heteroatoms. The zero-order valence-corrected chi connectivity index (χ0v) is 25.0. The van der Waals surface area contributed by atoms with Gasteiger partial charge in [-0.1, -0.05) is 97.1 Å². The highest BCUT2D eigenvalue weighted by Gasteiger charge is 2.30. The Balaban J connectivity index is 1.20. The minimum absolute atomic E-state index is 0.000712. The largest absolute Gasteiger partial charge is 0.464 e. The van der Waals surface area contributed by atoms with Crippen LogP contribution in [-0.2, 0) is 31.9 Å². The van der Waals surface area contributed by atoms with Gasteiger partial charge in [0.2, 0.25) is 5.91 Å². The van der Waals surface area contributed by atoms with Gasteiger partial charge in [0.1, 0.15) is 19.3 Å². The van der Waals surface area contributed by atoms with Crippen LogP contribution < -0.4 is 10.6 Å². The number of alkyl carbamates (subject to hydrolysis) is 1. The number of hydrogen-bond donors (Lipinski definition) is 3. The summed E-state index contributed by atoms with van der Waals surface area (Å²) in [5.74, 6) is -0.945. The number of carbonyl (C=O) groups is 3. The van der Waals surface area contributed by atoms with E-state index in [9.17, 15) is 14.4 Å². The Labute approximate surface area is 261 Å². The average Bonchev–Trinajstić information content (AvgIpc) is 3.61. The van der Waals surface area contributed by atoms with Crippen molar-refractivity contribution in [3.63, 3.8) is 0 Å². The van der Waals surface area contributed by atoms with E-state index in [0.29, 0.717) is 6.42 Å². The van der Waals surface area contributed by atoms with Gasteiger partial charge in [0, 0.05) is 36.4 Å². The highest BCUT2D eigenvalue weighted by atomic mass is 16.5. The first-order valence-electron chi connectivity index (χ1n) is 15.1. The lowest BCUT2D eigenvalue weighted by molar-refractivity contribution is -0.142. The molecule has 4 aromatic carbocycles. The molecule has 0 saturated carbocycles. The predicted molar refractivity (Wildman–Crippen MR) is 173 cm³/mol. The molecular weight excluding hydrogens is 566 g/mol. The summed E-state index contributed by atoms with van der Waals surface area (Å²) in [4.78, 5) is 42.0. The van der Waals surface area contributed by atoms with Crippen LogP contribution in [0.2, 0.25) is 0 Å². The Morgan fingerprint density at radius 2 is 1.40 bits per heavy atom. The van der Waals surface area contributed by atoms with Crippen LogP contribution in [0.3, 0.4) is 0 Å². The molecule has 8 nitrogen and oxygen atoms in total. The van der Waals surface area contributed by atoms with E-state index in [-0.39, 0.29) is 25.6 Å². The van der Waals surface area contributed by atoms with Gasteiger partial charge in [-0.3, -0.25) is 9.59 Å². The highest BCUT2D eigenvalue weighted by molar-refractivity contribution is 5.88. The van der Waals surface area contributed by atoms with Crippen LogP contribution in [0.1, 0.15) is 35.1 Å². The number of ether oxygens (including phenoxy) is 2. The fourth-order valence-corrected chi connectivity index (χ4v) is 6.08. The molecule has 2 amide bonds. The molecule has 0 unspecified atom stereocenters. The van der Waals surface area contributed by atoms with E-state index in [1.54, 1.807) is 0 Å². The van der Waals surface area contributed by atoms with Gasteiger partial charge in [0.05, 0.1) is 6.04 Å². The number of nitrogens with one attached hydrogen (secondary N) is 3. The number of hydrogen-bond acceptors (Lipinski definition) is 5. The number of aromatic amines is 1. The maximum absolute atomic E-state index is 13.8. The van der Waals surface area contributed by atoms with Gasteiger partial charge in [-0.15, -0.1) is 0 Å². The number of aromatic nitrogens is 1. The van der Waals surface area contributed by atoms with Crippen molar-refractivity contribution in [3.05, 3.63) is 132 Å². The Hall–Kier alpha value is -5.37. The second-order valence-corrected chi connectivity index (χ2v) is 11.3. The number of carbonyl (C=O) groups excluding carboxylic acids is 3. The highest BCUT2D eigenvalue weighted by Crippen LogP contribution is 2.44. The van der Waals surface area contributed by atoms with Crippen LogP contribution in [0.4, 0.5) is 4.79 Å². The van der Waals surface area contributed by atoms with Gasteiger partial charge in [-0.05, 0) is 45.9 Å². The number of para-hydroxylation sites is 1. The maximum atomic E-state index is 13.8. The van der Waals surface area contributed by atoms with Crippen LogP contribution in [0.15, 0.2) is 109 Å². The summed E-state index contributed by atoms with van der Waals surface area (Å²) in [7, 11) is 0. The van der Waals surface area contributed by atoms with Crippen LogP contribution in [0.25, 0.3) is 22.0 Å². The Morgan fingerprint density at radius 3 is 2.11 bits per heavy atom. The Bertz CT molecular complexity index is 1770. The number of H-pyrrole nitrogens is 1. The summed E-state index contributed by atoms with van der Waals surface area (Å²) < 4.78 is 11.1. The van der Waals surface area contributed by atoms with Crippen molar-refractivity contribution < 1.29 is 23.9 Å². The lowest BCUT2D eigenvalue weighted by Gasteiger charge is -2.24. The standard InChI is InChI=1S/C37H35N3O5/c1-24(41)44-22-27(19-25-11-3-2-4-12-25)39-36(42)35(20-26-21-38-34-18-10-9-13-28(26)34)40-37(43)45-23-33-31-16-7-5-14-29(31)30-15-6-8-17-32(30)33/h2-18,21,27,33,35,38H,19-20,22-23H2,1H3,(H,39,42)(H,40,43)/t27-,35-/m0/s1. The second kappa shape index (κ2) is 13.5. The minimum atomic E-state index is -0.949. The molecule has 1 heterocycles. The first-order chi connectivity index (χ1) is 22.0. The normalized spacial score (nSPS) is 13.4. The van der Waals surface area contributed by atoms with Crippen molar-refractivity contribution in [1.82, 2.24) is 15.6 Å². The molecule has 1 aliphatic carbocycles. The van der Waals surface area contributed by atoms with Crippen molar-refractivity contribution in [2.75, 3.05) is 13.2 Å². The van der Waals surface area contributed by atoms with E-state index in [0.717, 1.165) is 44.3 Å². The molecule has 0 bridgehead atoms. The van der Waals surface area contributed by atoms with Crippen molar-refractivity contribution in [2.45, 2.75) is 37.8 Å². The Morgan fingerprint density at radius 1 is 0.756 bits per heavy atom. The van der Waals surface area contributed by atoms with E-state index in [1.807, 2.05) is 85.1 Å². The van der Waals surface area contributed by atoms with Crippen molar-refractivity contribution >= 4 is 28.9 Å². The molecule has 3 N–H and O–H groups in total. The molecule has 0 saturated heterocycles. The summed E-state index contributed by atoms with van der Waals surface area (Å²) >= 11 is 0. The molecule has 1 aromatic heterocycles. The number of esters is 1. The first kappa shape index (κ1) is 29.7. The van der Waals surface area contributed by atoms with Gasteiger partial charge in [-0.25, -0.2) is 4.79 Å². The predicted octanol–water partition coefficient (Wildman–Crippen LogP) is 5.91. The molecule has 0 aliphatic heterocycles. The number of rotatable bonds is 11. The zero-order valence-electron chi connectivity index (χ0n) is 25.0. The fraction of sp³-hybridized carbons (Fsp3) is 0.216. The maximum Gasteiger partial charge on any atom is 0.407 e. The van der Waals surface area contributed by atoms with Gasteiger partial charge < -0.3 is 25.1 Å². The lowest BCUT2D eigenvalue weighted by Crippen LogP contribution is -2.52. The van der Waals surface area contributed by atoms with Gasteiger partial charge in [-0.2, -0.15) is 0 Å². The molecule has 6 rings (SSSR count). The third-order valence-corrected chi connectivity index (χ3v) is 8.21. The molecule has 45 heavy (non-hydrogen) atoms. The molecule has 2 atom stereocenters. The van der Waals surface area contributed by atoms with Gasteiger partial charge in [0.25, 0.3) is 0 Å². The average molecular weight is 602 g/mol. The SMILES string of the molecule is CC(=O)OC[C@H](Cc1ccccc1)NC(=O)[C@H](Cc1c[nH]c2ccccc12)NC(=O)OCC1c2ccccc2-c2ccccc21. The van der Waals surface area contributed by atoms with Crippen molar-refractivity contribution in [2.24, 2.45) is 0 Å². The molecule has 0 fully saturated rings. The number of benzene rings is 4. The minimum Gasteiger partial charge on any atom is -0.464 e. The number of fused-ring (bicyclic) bond motifs is 4. The van der Waals surface area contributed by atoms with Crippen LogP contribution in [0.5, 0.6) is 0 Å². The van der Waals surface area contributed by atoms with E-state index < -0.39 is 30.1 Å². The van der Waals surface area contributed by atoms with Crippen molar-refractivity contribution in [3.8, 4) is 11.1 Å². The fourth-order valence-electron chi connectivity index (χ4n) is 6.08. The van der Waals surface area contributed by atoms with Crippen LogP contribution in [-0.4, -0.2) is 48.3 Å². The topological polar surface area (TPSA) is 110 Å². The van der Waals surface area contributed by atoms with Gasteiger partial charge in [0.15, 0.2) is 0 Å². The number of amides is 2. The quantitative estimate of drug-likeness (QED) is 0.163. The summed E-state index contributed by atoms with van der Waals surface area (Å²) in [6.45, 7) is 1.46. The molecule has 1 aliphatic rings. The van der Waals surface area contributed by atoms with E-state index in [1.165, 1.54) is 6.92 Å². The lowest BCUT2D eigenvalue weighted by atomic mass is 9.98. The van der Waals surface area contributed by atoms with Crippen molar-refractivity contribution in [1.29, 1.82) is 0 Å². The summed E-state index contributed by atoms with van der Waals surface area (Å²) in [6, 6.07) is 32.3. The summed E-state index contributed by atoms with van der Waals surface area (Å²) in [6.07, 6.45) is 1.84. The summed E-state index contributed by atoms with van der Waals surface area (Å²) in [5.41, 5.74) is 7.27. The molecular formula is C37H35N3O5. The third kappa shape index (κ3) is 6.91. The van der Waals surface area contributed by atoms with E-state index in [2.05, 4.69) is 39.9 Å². The molecule has 228 valence electrons. The third-order valence-electron chi connectivity index (χ3n) is 8.21.